The molecule has 2 atom stereocenters. The van der Waals surface area contributed by atoms with Gasteiger partial charge in [-0.3, -0.25) is 14.5 Å². The van der Waals surface area contributed by atoms with Crippen LogP contribution in [-0.4, -0.2) is 34.8 Å². The molecule has 2 heterocycles. The van der Waals surface area contributed by atoms with Crippen molar-refractivity contribution >= 4 is 17.8 Å². The smallest absolute Gasteiger partial charge is 0.325 e. The summed E-state index contributed by atoms with van der Waals surface area (Å²) in [6, 6.07) is 3.19. The Labute approximate surface area is 151 Å². The van der Waals surface area contributed by atoms with E-state index in [1.54, 1.807) is 33.8 Å². The Balaban J connectivity index is 1.76. The molecular formula is C18H22N4O4. The lowest BCUT2D eigenvalue weighted by atomic mass is 9.92. The fraction of sp³-hybridized carbons (Fsp3) is 0.556. The first kappa shape index (κ1) is 18.0. The van der Waals surface area contributed by atoms with Crippen LogP contribution in [0, 0.1) is 31.1 Å². The minimum absolute atomic E-state index is 0.112. The SMILES string of the molecule is Cc1cc(C2(C)NC(=O)N(CC(=O)NC(C)(C#N)C3CC3)C2=O)c(C)o1. The fourth-order valence-electron chi connectivity index (χ4n) is 3.51. The monoisotopic (exact) mass is 358 g/mol. The van der Waals surface area contributed by atoms with E-state index in [1.807, 2.05) is 0 Å². The number of amides is 4. The zero-order chi connectivity index (χ0) is 19.3. The van der Waals surface area contributed by atoms with Crippen molar-refractivity contribution in [3.63, 3.8) is 0 Å². The van der Waals surface area contributed by atoms with Gasteiger partial charge >= 0.3 is 6.03 Å². The van der Waals surface area contributed by atoms with Crippen LogP contribution in [0.25, 0.3) is 0 Å². The molecule has 8 heteroatoms. The standard InChI is InChI=1S/C18H22N4O4/c1-10-7-13(11(2)26-10)18(4)15(24)22(16(25)21-18)8-14(23)20-17(3,9-19)12-5-6-12/h7,12H,5-6,8H2,1-4H3,(H,20,23)(H,21,25). The quantitative estimate of drug-likeness (QED) is 0.774. The van der Waals surface area contributed by atoms with Gasteiger partial charge < -0.3 is 15.1 Å². The summed E-state index contributed by atoms with van der Waals surface area (Å²) in [5, 5.41) is 14.7. The normalized spacial score (nSPS) is 24.8. The van der Waals surface area contributed by atoms with E-state index in [-0.39, 0.29) is 5.92 Å². The number of imide groups is 1. The average molecular weight is 358 g/mol. The maximum Gasteiger partial charge on any atom is 0.325 e. The molecule has 2 aliphatic rings. The Kier molecular flexibility index (Phi) is 4.06. The largest absolute Gasteiger partial charge is 0.466 e. The van der Waals surface area contributed by atoms with E-state index in [0.717, 1.165) is 17.7 Å². The van der Waals surface area contributed by atoms with Gasteiger partial charge in [0.05, 0.1) is 6.07 Å². The Hall–Kier alpha value is -2.82. The lowest BCUT2D eigenvalue weighted by Crippen LogP contribution is -2.51. The first-order valence-electron chi connectivity index (χ1n) is 8.54. The highest BCUT2D eigenvalue weighted by Crippen LogP contribution is 2.39. The molecule has 1 aromatic rings. The summed E-state index contributed by atoms with van der Waals surface area (Å²) < 4.78 is 5.47. The third kappa shape index (κ3) is 2.83. The van der Waals surface area contributed by atoms with Gasteiger partial charge in [0.1, 0.15) is 29.1 Å². The van der Waals surface area contributed by atoms with Crippen LogP contribution in [-0.2, 0) is 15.1 Å². The third-order valence-electron chi connectivity index (χ3n) is 5.18. The van der Waals surface area contributed by atoms with E-state index >= 15 is 0 Å². The van der Waals surface area contributed by atoms with E-state index < -0.39 is 35.5 Å². The molecule has 26 heavy (non-hydrogen) atoms. The van der Waals surface area contributed by atoms with Crippen molar-refractivity contribution in [2.45, 2.75) is 51.6 Å². The lowest BCUT2D eigenvalue weighted by molar-refractivity contribution is -0.135. The Bertz CT molecular complexity index is 835. The van der Waals surface area contributed by atoms with Crippen LogP contribution in [0.5, 0.6) is 0 Å². The van der Waals surface area contributed by atoms with Crippen molar-refractivity contribution in [3.05, 3.63) is 23.2 Å². The molecule has 2 N–H and O–H groups in total. The van der Waals surface area contributed by atoms with E-state index in [4.69, 9.17) is 4.42 Å². The fourth-order valence-corrected chi connectivity index (χ4v) is 3.51. The number of urea groups is 1. The van der Waals surface area contributed by atoms with Gasteiger partial charge in [0.2, 0.25) is 5.91 Å². The molecule has 0 bridgehead atoms. The molecule has 0 radical (unpaired) electrons. The second-order valence-electron chi connectivity index (χ2n) is 7.41. The number of carbonyl (C=O) groups is 3. The minimum atomic E-state index is -1.28. The first-order chi connectivity index (χ1) is 12.1. The maximum atomic E-state index is 12.9. The van der Waals surface area contributed by atoms with Crippen molar-refractivity contribution < 1.29 is 18.8 Å². The molecule has 0 aromatic carbocycles. The van der Waals surface area contributed by atoms with Crippen LogP contribution < -0.4 is 10.6 Å². The molecule has 1 aromatic heterocycles. The molecule has 3 rings (SSSR count). The van der Waals surface area contributed by atoms with Crippen LogP contribution in [0.15, 0.2) is 10.5 Å². The van der Waals surface area contributed by atoms with Crippen molar-refractivity contribution in [1.82, 2.24) is 15.5 Å². The Morgan fingerprint density at radius 3 is 2.65 bits per heavy atom. The summed E-state index contributed by atoms with van der Waals surface area (Å²) in [6.07, 6.45) is 1.76. The molecule has 4 amide bonds. The number of rotatable bonds is 5. The highest BCUT2D eigenvalue weighted by Gasteiger charge is 2.51. The van der Waals surface area contributed by atoms with Crippen LogP contribution in [0.4, 0.5) is 4.79 Å². The van der Waals surface area contributed by atoms with Crippen LogP contribution >= 0.6 is 0 Å². The molecule has 0 spiro atoms. The average Bonchev–Trinajstić information content (AvgIpc) is 3.33. The van der Waals surface area contributed by atoms with Crippen molar-refractivity contribution in [1.29, 1.82) is 5.26 Å². The van der Waals surface area contributed by atoms with Gasteiger partial charge in [0.25, 0.3) is 5.91 Å². The van der Waals surface area contributed by atoms with Gasteiger partial charge in [0.15, 0.2) is 0 Å². The maximum absolute atomic E-state index is 12.9. The topological polar surface area (TPSA) is 115 Å². The number of nitriles is 1. The molecule has 1 aliphatic carbocycles. The highest BCUT2D eigenvalue weighted by atomic mass is 16.3. The summed E-state index contributed by atoms with van der Waals surface area (Å²) in [5.74, 6) is 0.226. The molecule has 1 saturated heterocycles. The van der Waals surface area contributed by atoms with Crippen LogP contribution in [0.2, 0.25) is 0 Å². The number of aryl methyl sites for hydroxylation is 2. The van der Waals surface area contributed by atoms with E-state index in [2.05, 4.69) is 16.7 Å². The van der Waals surface area contributed by atoms with E-state index in [9.17, 15) is 19.6 Å². The van der Waals surface area contributed by atoms with Gasteiger partial charge in [-0.05, 0) is 52.5 Å². The van der Waals surface area contributed by atoms with Gasteiger partial charge in [-0.1, -0.05) is 0 Å². The van der Waals surface area contributed by atoms with Crippen LogP contribution in [0.1, 0.15) is 43.8 Å². The third-order valence-corrected chi connectivity index (χ3v) is 5.18. The van der Waals surface area contributed by atoms with Gasteiger partial charge in [-0.25, -0.2) is 4.79 Å². The van der Waals surface area contributed by atoms with Gasteiger partial charge in [0, 0.05) is 5.56 Å². The molecule has 2 unspecified atom stereocenters. The van der Waals surface area contributed by atoms with Crippen molar-refractivity contribution in [2.75, 3.05) is 6.54 Å². The van der Waals surface area contributed by atoms with Gasteiger partial charge in [-0.2, -0.15) is 5.26 Å². The van der Waals surface area contributed by atoms with Crippen molar-refractivity contribution in [2.24, 2.45) is 5.92 Å². The Morgan fingerprint density at radius 1 is 1.50 bits per heavy atom. The second kappa shape index (κ2) is 5.87. The summed E-state index contributed by atoms with van der Waals surface area (Å²) in [4.78, 5) is 38.4. The number of nitrogens with one attached hydrogen (secondary N) is 2. The minimum Gasteiger partial charge on any atom is -0.466 e. The zero-order valence-corrected chi connectivity index (χ0v) is 15.3. The number of hydrogen-bond donors (Lipinski definition) is 2. The second-order valence-corrected chi connectivity index (χ2v) is 7.41. The van der Waals surface area contributed by atoms with E-state index in [0.29, 0.717) is 17.1 Å². The summed E-state index contributed by atoms with van der Waals surface area (Å²) in [7, 11) is 0. The summed E-state index contributed by atoms with van der Waals surface area (Å²) >= 11 is 0. The molecule has 1 aliphatic heterocycles. The molecule has 2 fully saturated rings. The summed E-state index contributed by atoms with van der Waals surface area (Å²) in [5.41, 5.74) is -1.69. The highest BCUT2D eigenvalue weighted by molar-refractivity contribution is 6.09. The first-order valence-corrected chi connectivity index (χ1v) is 8.54. The molecule has 1 saturated carbocycles. The predicted molar refractivity (Wildman–Crippen MR) is 90.7 cm³/mol. The van der Waals surface area contributed by atoms with E-state index in [1.165, 1.54) is 0 Å². The predicted octanol–water partition coefficient (Wildman–Crippen LogP) is 1.47. The van der Waals surface area contributed by atoms with Crippen LogP contribution in [0.3, 0.4) is 0 Å². The number of nitrogens with zero attached hydrogens (tertiary/aromatic N) is 2. The number of carbonyl (C=O) groups excluding carboxylic acids is 3. The molecule has 138 valence electrons. The van der Waals surface area contributed by atoms with Gasteiger partial charge in [-0.15, -0.1) is 0 Å². The molecule has 8 nitrogen and oxygen atoms in total. The number of furan rings is 1. The molecular weight excluding hydrogens is 336 g/mol. The summed E-state index contributed by atoms with van der Waals surface area (Å²) in [6.45, 7) is 6.30. The number of hydrogen-bond acceptors (Lipinski definition) is 5. The Morgan fingerprint density at radius 2 is 2.15 bits per heavy atom. The lowest BCUT2D eigenvalue weighted by Gasteiger charge is -2.24. The zero-order valence-electron chi connectivity index (χ0n) is 15.3. The van der Waals surface area contributed by atoms with Crippen molar-refractivity contribution in [3.8, 4) is 6.07 Å².